The Balaban J connectivity index is 1.96. The minimum atomic E-state index is -3.41. The average Bonchev–Trinajstić information content (AvgIpc) is 2.56. The first-order valence-electron chi connectivity index (χ1n) is 7.81. The van der Waals surface area contributed by atoms with Crippen LogP contribution < -0.4 is 5.32 Å². The molecule has 0 aromatic heterocycles. The number of nitrogens with zero attached hydrogens (tertiary/aromatic N) is 1. The van der Waals surface area contributed by atoms with Gasteiger partial charge in [0.05, 0.1) is 4.90 Å². The number of rotatable bonds is 7. The molecule has 0 saturated heterocycles. The maximum Gasteiger partial charge on any atom is 0.242 e. The zero-order chi connectivity index (χ0) is 17.7. The van der Waals surface area contributed by atoms with Crippen LogP contribution in [0, 0.1) is 5.82 Å². The molecule has 0 saturated carbocycles. The average molecular weight is 350 g/mol. The molecule has 0 heterocycles. The molecule has 0 radical (unpaired) electrons. The third-order valence-electron chi connectivity index (χ3n) is 3.96. The van der Waals surface area contributed by atoms with Crippen molar-refractivity contribution in [1.82, 2.24) is 9.62 Å². The molecule has 0 fully saturated rings. The lowest BCUT2D eigenvalue weighted by atomic mass is 10.1. The highest BCUT2D eigenvalue weighted by molar-refractivity contribution is 7.89. The van der Waals surface area contributed by atoms with E-state index in [-0.39, 0.29) is 16.8 Å². The fourth-order valence-electron chi connectivity index (χ4n) is 2.38. The Morgan fingerprint density at radius 1 is 1.08 bits per heavy atom. The van der Waals surface area contributed by atoms with Gasteiger partial charge in [-0.2, -0.15) is 0 Å². The summed E-state index contributed by atoms with van der Waals surface area (Å²) in [6, 6.07) is 13.6. The highest BCUT2D eigenvalue weighted by Gasteiger charge is 2.17. The van der Waals surface area contributed by atoms with Crippen LogP contribution in [-0.2, 0) is 16.4 Å². The molecule has 0 spiro atoms. The van der Waals surface area contributed by atoms with Crippen LogP contribution in [0.4, 0.5) is 4.39 Å². The van der Waals surface area contributed by atoms with Crippen LogP contribution in [0.1, 0.15) is 24.1 Å². The summed E-state index contributed by atoms with van der Waals surface area (Å²) in [7, 11) is -0.386. The molecular formula is C18H23FN2O2S. The fraction of sp³-hybridized carbons (Fsp3) is 0.333. The quantitative estimate of drug-likeness (QED) is 0.835. The predicted octanol–water partition coefficient (Wildman–Crippen LogP) is 2.97. The molecule has 0 aliphatic carbocycles. The second kappa shape index (κ2) is 7.88. The van der Waals surface area contributed by atoms with Gasteiger partial charge < -0.3 is 5.32 Å². The second-order valence-electron chi connectivity index (χ2n) is 5.87. The number of sulfonamides is 1. The molecule has 2 rings (SSSR count). The molecule has 24 heavy (non-hydrogen) atoms. The highest BCUT2D eigenvalue weighted by Crippen LogP contribution is 2.18. The van der Waals surface area contributed by atoms with E-state index in [0.717, 1.165) is 5.56 Å². The molecule has 0 amide bonds. The number of hydrogen-bond acceptors (Lipinski definition) is 3. The van der Waals surface area contributed by atoms with Crippen molar-refractivity contribution in [2.24, 2.45) is 0 Å². The van der Waals surface area contributed by atoms with E-state index in [1.165, 1.54) is 24.5 Å². The van der Waals surface area contributed by atoms with E-state index in [0.29, 0.717) is 18.5 Å². The van der Waals surface area contributed by atoms with Gasteiger partial charge in [0.15, 0.2) is 0 Å². The summed E-state index contributed by atoms with van der Waals surface area (Å²) in [6.07, 6.45) is 0.601. The maximum atomic E-state index is 13.6. The van der Waals surface area contributed by atoms with Crippen molar-refractivity contribution in [2.75, 3.05) is 20.6 Å². The van der Waals surface area contributed by atoms with Crippen molar-refractivity contribution in [3.05, 3.63) is 65.5 Å². The van der Waals surface area contributed by atoms with Crippen LogP contribution in [0.2, 0.25) is 0 Å². The third kappa shape index (κ3) is 4.41. The van der Waals surface area contributed by atoms with Crippen molar-refractivity contribution in [1.29, 1.82) is 0 Å². The van der Waals surface area contributed by atoms with Crippen LogP contribution in [-0.4, -0.2) is 33.4 Å². The second-order valence-corrected chi connectivity index (χ2v) is 8.03. The summed E-state index contributed by atoms with van der Waals surface area (Å²) >= 11 is 0. The van der Waals surface area contributed by atoms with Crippen molar-refractivity contribution in [2.45, 2.75) is 24.3 Å². The number of benzene rings is 2. The summed E-state index contributed by atoms with van der Waals surface area (Å²) in [6.45, 7) is 2.64. The molecule has 6 heteroatoms. The number of nitrogens with one attached hydrogen (secondary N) is 1. The van der Waals surface area contributed by atoms with Gasteiger partial charge in [-0.25, -0.2) is 17.1 Å². The van der Waals surface area contributed by atoms with Gasteiger partial charge in [-0.15, -0.1) is 0 Å². The minimum absolute atomic E-state index is 0.0490. The lowest BCUT2D eigenvalue weighted by Gasteiger charge is -2.16. The molecule has 0 aliphatic rings. The first-order chi connectivity index (χ1) is 11.3. The molecule has 2 aromatic rings. The topological polar surface area (TPSA) is 49.4 Å². The predicted molar refractivity (Wildman–Crippen MR) is 93.8 cm³/mol. The van der Waals surface area contributed by atoms with E-state index in [4.69, 9.17) is 0 Å². The van der Waals surface area contributed by atoms with Gasteiger partial charge in [0, 0.05) is 20.1 Å². The molecule has 0 aliphatic heterocycles. The van der Waals surface area contributed by atoms with Crippen LogP contribution in [0.3, 0.4) is 0 Å². The Morgan fingerprint density at radius 2 is 1.71 bits per heavy atom. The normalized spacial score (nSPS) is 13.2. The zero-order valence-corrected chi connectivity index (χ0v) is 15.0. The smallest absolute Gasteiger partial charge is 0.242 e. The van der Waals surface area contributed by atoms with Gasteiger partial charge in [-0.1, -0.05) is 30.3 Å². The van der Waals surface area contributed by atoms with E-state index in [9.17, 15) is 12.8 Å². The SMILES string of the molecule is C[C@H](NCCc1ccccc1F)c1ccc(S(=O)(=O)N(C)C)cc1. The van der Waals surface area contributed by atoms with Crippen molar-refractivity contribution >= 4 is 10.0 Å². The monoisotopic (exact) mass is 350 g/mol. The Labute approximate surface area is 143 Å². The fourth-order valence-corrected chi connectivity index (χ4v) is 3.28. The Hall–Kier alpha value is -1.76. The molecular weight excluding hydrogens is 327 g/mol. The highest BCUT2D eigenvalue weighted by atomic mass is 32.2. The zero-order valence-electron chi connectivity index (χ0n) is 14.2. The Kier molecular flexibility index (Phi) is 6.10. The van der Waals surface area contributed by atoms with E-state index in [2.05, 4.69) is 5.32 Å². The van der Waals surface area contributed by atoms with E-state index in [1.807, 2.05) is 13.0 Å². The molecule has 130 valence electrons. The van der Waals surface area contributed by atoms with Gasteiger partial charge in [0.25, 0.3) is 0 Å². The number of halogens is 1. The van der Waals surface area contributed by atoms with Gasteiger partial charge in [0.2, 0.25) is 10.0 Å². The molecule has 1 N–H and O–H groups in total. The molecule has 1 atom stereocenters. The first kappa shape index (κ1) is 18.6. The molecule has 0 unspecified atom stereocenters. The summed E-state index contributed by atoms with van der Waals surface area (Å²) in [5, 5.41) is 3.33. The van der Waals surface area contributed by atoms with Crippen molar-refractivity contribution in [3.8, 4) is 0 Å². The van der Waals surface area contributed by atoms with Crippen LogP contribution >= 0.6 is 0 Å². The third-order valence-corrected chi connectivity index (χ3v) is 5.79. The van der Waals surface area contributed by atoms with E-state index < -0.39 is 10.0 Å². The van der Waals surface area contributed by atoms with Crippen LogP contribution in [0.15, 0.2) is 53.4 Å². The molecule has 0 bridgehead atoms. The largest absolute Gasteiger partial charge is 0.310 e. The molecule has 4 nitrogen and oxygen atoms in total. The molecule has 2 aromatic carbocycles. The van der Waals surface area contributed by atoms with Crippen LogP contribution in [0.25, 0.3) is 0 Å². The van der Waals surface area contributed by atoms with Gasteiger partial charge in [-0.3, -0.25) is 0 Å². The minimum Gasteiger partial charge on any atom is -0.310 e. The Morgan fingerprint density at radius 3 is 2.29 bits per heavy atom. The van der Waals surface area contributed by atoms with Gasteiger partial charge in [0.1, 0.15) is 5.82 Å². The van der Waals surface area contributed by atoms with E-state index in [1.54, 1.807) is 36.4 Å². The summed E-state index contributed by atoms with van der Waals surface area (Å²) < 4.78 is 38.9. The lowest BCUT2D eigenvalue weighted by Crippen LogP contribution is -2.23. The van der Waals surface area contributed by atoms with Crippen LogP contribution in [0.5, 0.6) is 0 Å². The van der Waals surface area contributed by atoms with E-state index >= 15 is 0 Å². The Bertz CT molecular complexity index is 774. The van der Waals surface area contributed by atoms with Crippen molar-refractivity contribution in [3.63, 3.8) is 0 Å². The maximum absolute atomic E-state index is 13.6. The standard InChI is InChI=1S/C18H23FN2O2S/c1-14(20-13-12-16-6-4-5-7-18(16)19)15-8-10-17(11-9-15)24(22,23)21(2)3/h4-11,14,20H,12-13H2,1-3H3/t14-/m0/s1. The summed E-state index contributed by atoms with van der Waals surface area (Å²) in [5.41, 5.74) is 1.67. The first-order valence-corrected chi connectivity index (χ1v) is 9.25. The number of hydrogen-bond donors (Lipinski definition) is 1. The summed E-state index contributed by atoms with van der Waals surface area (Å²) in [4.78, 5) is 0.273. The summed E-state index contributed by atoms with van der Waals surface area (Å²) in [5.74, 6) is -0.190. The lowest BCUT2D eigenvalue weighted by molar-refractivity contribution is 0.520. The van der Waals surface area contributed by atoms with Gasteiger partial charge >= 0.3 is 0 Å². The van der Waals surface area contributed by atoms with Gasteiger partial charge in [-0.05, 0) is 49.2 Å². The van der Waals surface area contributed by atoms with Crippen molar-refractivity contribution < 1.29 is 12.8 Å².